The van der Waals surface area contributed by atoms with Gasteiger partial charge in [-0.15, -0.1) is 0 Å². The van der Waals surface area contributed by atoms with Crippen LogP contribution in [0.5, 0.6) is 0 Å². The number of carbonyl (C=O) groups is 4. The number of hydrogen-bond donors (Lipinski definition) is 0. The Labute approximate surface area is 116 Å². The quantitative estimate of drug-likeness (QED) is 0.361. The molecule has 0 aromatic carbocycles. The van der Waals surface area contributed by atoms with Gasteiger partial charge in [0.1, 0.15) is 0 Å². The molecule has 0 spiro atoms. The molecule has 0 fully saturated rings. The summed E-state index contributed by atoms with van der Waals surface area (Å²) in [5.41, 5.74) is 0. The van der Waals surface area contributed by atoms with E-state index in [-0.39, 0.29) is 27.8 Å². The first kappa shape index (κ1) is 25.0. The number of aliphatic carboxylic acids is 4. The van der Waals surface area contributed by atoms with E-state index >= 15 is 0 Å². The zero-order chi connectivity index (χ0) is 13.1. The molecule has 96 valence electrons. The largest absolute Gasteiger partial charge is 2.00 e. The summed E-state index contributed by atoms with van der Waals surface area (Å²) in [7, 11) is 0. The van der Waals surface area contributed by atoms with Crippen molar-refractivity contribution in [3.63, 3.8) is 0 Å². The zero-order valence-corrected chi connectivity index (χ0v) is 11.7. The summed E-state index contributed by atoms with van der Waals surface area (Å²) in [6.45, 7) is 0. The molecule has 0 aliphatic carbocycles. The van der Waals surface area contributed by atoms with Crippen LogP contribution in [0.3, 0.4) is 0 Å². The van der Waals surface area contributed by atoms with Gasteiger partial charge < -0.3 is 45.1 Å². The minimum Gasteiger partial charge on any atom is -0.545 e. The third kappa shape index (κ3) is 37.0. The van der Waals surface area contributed by atoms with Crippen molar-refractivity contribution in [1.29, 1.82) is 0 Å². The van der Waals surface area contributed by atoms with E-state index in [1.54, 1.807) is 0 Å². The van der Waals surface area contributed by atoms with E-state index in [0.717, 1.165) is 0 Å². The SMILES string of the molecule is O.O=C([O-])/C=C/C(=O)[O-].O=C([O-])/C=C/C(=O)[O-].[H+].[H+].[Zn+2]. The van der Waals surface area contributed by atoms with E-state index in [9.17, 15) is 39.6 Å². The third-order valence-corrected chi connectivity index (χ3v) is 0.711. The Balaban J connectivity index is -0.0000000408. The van der Waals surface area contributed by atoms with Crippen LogP contribution in [0.25, 0.3) is 0 Å². The predicted molar refractivity (Wildman–Crippen MR) is 44.1 cm³/mol. The molecule has 0 saturated heterocycles. The zero-order valence-electron chi connectivity index (χ0n) is 10.8. The van der Waals surface area contributed by atoms with Gasteiger partial charge in [0, 0.05) is 0 Å². The second-order valence-corrected chi connectivity index (χ2v) is 1.94. The van der Waals surface area contributed by atoms with Crippen molar-refractivity contribution >= 4 is 23.9 Å². The normalized spacial score (nSPS) is 8.44. The van der Waals surface area contributed by atoms with Crippen molar-refractivity contribution in [2.75, 3.05) is 0 Å². The summed E-state index contributed by atoms with van der Waals surface area (Å²) in [5, 5.41) is 37.7. The maximum absolute atomic E-state index is 9.41. The first-order valence-electron chi connectivity index (χ1n) is 3.45. The van der Waals surface area contributed by atoms with Crippen LogP contribution >= 0.6 is 0 Å². The van der Waals surface area contributed by atoms with Gasteiger partial charge in [0.25, 0.3) is 0 Å². The third-order valence-electron chi connectivity index (χ3n) is 0.711. The van der Waals surface area contributed by atoms with Crippen LogP contribution in [-0.4, -0.2) is 29.4 Å². The number of carbonyl (C=O) groups excluding carboxylic acids is 4. The predicted octanol–water partition coefficient (Wildman–Crippen LogP) is -6.52. The minimum absolute atomic E-state index is 0. The van der Waals surface area contributed by atoms with E-state index < -0.39 is 23.9 Å². The van der Waals surface area contributed by atoms with Crippen molar-refractivity contribution in [3.8, 4) is 0 Å². The van der Waals surface area contributed by atoms with Crippen LogP contribution in [0, 0.1) is 0 Å². The molecule has 0 rings (SSSR count). The second kappa shape index (κ2) is 14.9. The maximum atomic E-state index is 9.41. The van der Waals surface area contributed by atoms with Gasteiger partial charge in [-0.1, -0.05) is 0 Å². The number of carboxylic acid groups (broad SMARTS) is 4. The van der Waals surface area contributed by atoms with E-state index in [1.165, 1.54) is 0 Å². The first-order valence-corrected chi connectivity index (χ1v) is 3.45. The topological polar surface area (TPSA) is 192 Å². The molecule has 2 N–H and O–H groups in total. The van der Waals surface area contributed by atoms with Gasteiger partial charge in [0.15, 0.2) is 0 Å². The fourth-order valence-electron chi connectivity index (χ4n) is 0.272. The molecule has 0 heterocycles. The summed E-state index contributed by atoms with van der Waals surface area (Å²) < 4.78 is 0. The molecule has 0 amide bonds. The average molecular weight is 314 g/mol. The van der Waals surface area contributed by atoms with Gasteiger partial charge in [-0.05, 0) is 24.3 Å². The Kier molecular flexibility index (Phi) is 20.7. The second-order valence-electron chi connectivity index (χ2n) is 1.94. The van der Waals surface area contributed by atoms with E-state index in [2.05, 4.69) is 0 Å². The van der Waals surface area contributed by atoms with Crippen molar-refractivity contribution in [3.05, 3.63) is 24.3 Å². The van der Waals surface area contributed by atoms with Crippen LogP contribution in [0.2, 0.25) is 0 Å². The molecule has 10 heteroatoms. The molecular formula is C8H8O9Zn. The maximum Gasteiger partial charge on any atom is 2.00 e. The van der Waals surface area contributed by atoms with Gasteiger partial charge in [0.05, 0.1) is 23.9 Å². The molecule has 18 heavy (non-hydrogen) atoms. The van der Waals surface area contributed by atoms with Crippen LogP contribution < -0.4 is 20.4 Å². The fraction of sp³-hybridized carbons (Fsp3) is 0. The summed E-state index contributed by atoms with van der Waals surface area (Å²) >= 11 is 0. The van der Waals surface area contributed by atoms with Crippen LogP contribution in [0.15, 0.2) is 24.3 Å². The van der Waals surface area contributed by atoms with Gasteiger partial charge in [-0.25, -0.2) is 0 Å². The Morgan fingerprint density at radius 3 is 0.778 bits per heavy atom. The molecular weight excluding hydrogens is 305 g/mol. The molecule has 0 unspecified atom stereocenters. The summed E-state index contributed by atoms with van der Waals surface area (Å²) in [5.74, 6) is -6.19. The van der Waals surface area contributed by atoms with Gasteiger partial charge >= 0.3 is 22.3 Å². The van der Waals surface area contributed by atoms with Crippen molar-refractivity contribution in [2.24, 2.45) is 0 Å². The molecule has 0 aliphatic rings. The molecule has 0 radical (unpaired) electrons. The average Bonchev–Trinajstić information content (AvgIpc) is 2.12. The number of hydrogen-bond acceptors (Lipinski definition) is 8. The standard InChI is InChI=1S/2C4H4O4.H2O.Zn/c2*5-3(6)1-2-4(7)8;;/h2*1-2H,(H,5,6)(H,7,8);1H2;/q;;;+2/p-2/b2*2-1+;;. The first-order chi connectivity index (χ1) is 7.25. The monoisotopic (exact) mass is 312 g/mol. The molecule has 0 bridgehead atoms. The van der Waals surface area contributed by atoms with E-state index in [4.69, 9.17) is 0 Å². The summed E-state index contributed by atoms with van der Waals surface area (Å²) in [4.78, 5) is 37.7. The number of carboxylic acids is 4. The molecule has 0 aromatic heterocycles. The Bertz CT molecular complexity index is 288. The smallest absolute Gasteiger partial charge is 0.545 e. The van der Waals surface area contributed by atoms with Gasteiger partial charge in [-0.2, -0.15) is 0 Å². The summed E-state index contributed by atoms with van der Waals surface area (Å²) in [6.07, 6.45) is 1.54. The van der Waals surface area contributed by atoms with Gasteiger partial charge in [0.2, 0.25) is 0 Å². The van der Waals surface area contributed by atoms with E-state index in [1.807, 2.05) is 0 Å². The summed E-state index contributed by atoms with van der Waals surface area (Å²) in [6, 6.07) is 0. The molecule has 0 aliphatic heterocycles. The van der Waals surface area contributed by atoms with Crippen molar-refractivity contribution in [1.82, 2.24) is 0 Å². The molecule has 9 nitrogen and oxygen atoms in total. The molecule has 0 aromatic rings. The fourth-order valence-corrected chi connectivity index (χ4v) is 0.272. The Hall–Kier alpha value is -2.06. The van der Waals surface area contributed by atoms with Crippen LogP contribution in [0.1, 0.15) is 2.85 Å². The van der Waals surface area contributed by atoms with Crippen LogP contribution in [-0.2, 0) is 38.7 Å². The minimum atomic E-state index is -1.55. The van der Waals surface area contributed by atoms with E-state index in [0.29, 0.717) is 24.3 Å². The van der Waals surface area contributed by atoms with Crippen molar-refractivity contribution < 1.29 is 67.4 Å². The van der Waals surface area contributed by atoms with Crippen LogP contribution in [0.4, 0.5) is 0 Å². The Morgan fingerprint density at radius 1 is 0.611 bits per heavy atom. The van der Waals surface area contributed by atoms with Gasteiger partial charge in [-0.3, -0.25) is 0 Å². The molecule has 0 atom stereocenters. The Morgan fingerprint density at radius 2 is 0.722 bits per heavy atom. The van der Waals surface area contributed by atoms with Crippen molar-refractivity contribution in [2.45, 2.75) is 0 Å². The molecule has 0 saturated carbocycles. The number of rotatable bonds is 4.